The molecule has 1 amide bonds. The van der Waals surface area contributed by atoms with Gasteiger partial charge in [0.25, 0.3) is 5.91 Å². The van der Waals surface area contributed by atoms with Crippen molar-refractivity contribution >= 4 is 22.5 Å². The topological polar surface area (TPSA) is 33.2 Å². The van der Waals surface area contributed by atoms with Crippen LogP contribution in [0, 0.1) is 0 Å². The zero-order chi connectivity index (χ0) is 15.4. The molecule has 0 fully saturated rings. The van der Waals surface area contributed by atoms with E-state index in [4.69, 9.17) is 0 Å². The fourth-order valence-electron chi connectivity index (χ4n) is 2.48. The zero-order valence-corrected chi connectivity index (χ0v) is 12.1. The van der Waals surface area contributed by atoms with Gasteiger partial charge < -0.3 is 4.90 Å². The van der Waals surface area contributed by atoms with Crippen LogP contribution in [0.4, 0.5) is 5.69 Å². The maximum atomic E-state index is 13.0. The van der Waals surface area contributed by atoms with Crippen LogP contribution < -0.4 is 4.90 Å². The average molecular weight is 288 g/mol. The van der Waals surface area contributed by atoms with E-state index in [1.807, 2.05) is 60.7 Å². The lowest BCUT2D eigenvalue weighted by Gasteiger charge is -2.22. The summed E-state index contributed by atoms with van der Waals surface area (Å²) in [6, 6.07) is 19.0. The van der Waals surface area contributed by atoms with Gasteiger partial charge in [0, 0.05) is 29.4 Å². The largest absolute Gasteiger partial charge is 0.305 e. The summed E-state index contributed by atoms with van der Waals surface area (Å²) in [5.74, 6) is -0.0512. The SMILES string of the molecule is C=CCN(C(=O)c1cccc2ncccc12)c1ccccc1. The minimum absolute atomic E-state index is 0.0512. The highest BCUT2D eigenvalue weighted by Gasteiger charge is 2.18. The van der Waals surface area contributed by atoms with Crippen molar-refractivity contribution in [2.45, 2.75) is 0 Å². The Balaban J connectivity index is 2.08. The quantitative estimate of drug-likeness (QED) is 0.678. The molecule has 1 aromatic heterocycles. The number of nitrogens with zero attached hydrogens (tertiary/aromatic N) is 2. The number of anilines is 1. The minimum atomic E-state index is -0.0512. The molecule has 0 atom stereocenters. The van der Waals surface area contributed by atoms with Gasteiger partial charge in [-0.2, -0.15) is 0 Å². The summed E-state index contributed by atoms with van der Waals surface area (Å²) in [7, 11) is 0. The van der Waals surface area contributed by atoms with Gasteiger partial charge in [-0.1, -0.05) is 36.4 Å². The van der Waals surface area contributed by atoms with E-state index < -0.39 is 0 Å². The smallest absolute Gasteiger partial charge is 0.259 e. The number of fused-ring (bicyclic) bond motifs is 1. The second kappa shape index (κ2) is 6.22. The van der Waals surface area contributed by atoms with Crippen molar-refractivity contribution in [1.82, 2.24) is 4.98 Å². The molecule has 0 bridgehead atoms. The predicted molar refractivity (Wildman–Crippen MR) is 90.1 cm³/mol. The van der Waals surface area contributed by atoms with E-state index in [9.17, 15) is 4.79 Å². The van der Waals surface area contributed by atoms with Crippen molar-refractivity contribution in [1.29, 1.82) is 0 Å². The van der Waals surface area contributed by atoms with Gasteiger partial charge in [-0.15, -0.1) is 6.58 Å². The van der Waals surface area contributed by atoms with E-state index in [2.05, 4.69) is 11.6 Å². The summed E-state index contributed by atoms with van der Waals surface area (Å²) in [4.78, 5) is 19.0. The zero-order valence-electron chi connectivity index (χ0n) is 12.1. The van der Waals surface area contributed by atoms with Gasteiger partial charge in [0.05, 0.1) is 5.52 Å². The molecule has 0 saturated heterocycles. The Hall–Kier alpha value is -2.94. The van der Waals surface area contributed by atoms with Crippen LogP contribution in [0.2, 0.25) is 0 Å². The first-order valence-corrected chi connectivity index (χ1v) is 7.13. The highest BCUT2D eigenvalue weighted by atomic mass is 16.2. The van der Waals surface area contributed by atoms with Gasteiger partial charge >= 0.3 is 0 Å². The van der Waals surface area contributed by atoms with Gasteiger partial charge in [0.1, 0.15) is 0 Å². The van der Waals surface area contributed by atoms with E-state index in [1.165, 1.54) is 0 Å². The number of carbonyl (C=O) groups is 1. The number of hydrogen-bond acceptors (Lipinski definition) is 2. The Kier molecular flexibility index (Phi) is 3.97. The van der Waals surface area contributed by atoms with Crippen LogP contribution in [0.15, 0.2) is 79.5 Å². The summed E-state index contributed by atoms with van der Waals surface area (Å²) in [5.41, 5.74) is 2.32. The minimum Gasteiger partial charge on any atom is -0.305 e. The maximum Gasteiger partial charge on any atom is 0.259 e. The predicted octanol–water partition coefficient (Wildman–Crippen LogP) is 4.07. The summed E-state index contributed by atoms with van der Waals surface area (Å²) >= 11 is 0. The van der Waals surface area contributed by atoms with Crippen LogP contribution in [-0.2, 0) is 0 Å². The second-order valence-electron chi connectivity index (χ2n) is 4.92. The Labute approximate surface area is 129 Å². The highest BCUT2D eigenvalue weighted by Crippen LogP contribution is 2.22. The number of hydrogen-bond donors (Lipinski definition) is 0. The molecule has 22 heavy (non-hydrogen) atoms. The normalized spacial score (nSPS) is 10.4. The molecular weight excluding hydrogens is 272 g/mol. The molecule has 3 aromatic rings. The molecule has 0 spiro atoms. The molecule has 3 nitrogen and oxygen atoms in total. The fraction of sp³-hybridized carbons (Fsp3) is 0.0526. The molecule has 0 radical (unpaired) electrons. The number of rotatable bonds is 4. The van der Waals surface area contributed by atoms with Crippen molar-refractivity contribution in [3.8, 4) is 0 Å². The molecule has 3 heteroatoms. The van der Waals surface area contributed by atoms with Gasteiger partial charge in [0.15, 0.2) is 0 Å². The molecule has 0 unspecified atom stereocenters. The summed E-state index contributed by atoms with van der Waals surface area (Å²) in [5, 5.41) is 0.861. The number of amides is 1. The molecule has 108 valence electrons. The van der Waals surface area contributed by atoms with E-state index in [0.29, 0.717) is 12.1 Å². The summed E-state index contributed by atoms with van der Waals surface area (Å²) in [6.45, 7) is 4.22. The Morgan fingerprint density at radius 3 is 2.64 bits per heavy atom. The third-order valence-electron chi connectivity index (χ3n) is 3.50. The third-order valence-corrected chi connectivity index (χ3v) is 3.50. The standard InChI is InChI=1S/C19H16N2O/c1-2-14-21(15-8-4-3-5-9-15)19(22)17-10-6-12-18-16(17)11-7-13-20-18/h2-13H,1,14H2. The molecular formula is C19H16N2O. The molecule has 0 aliphatic heterocycles. The number of para-hydroxylation sites is 1. The maximum absolute atomic E-state index is 13.0. The van der Waals surface area contributed by atoms with Crippen LogP contribution in [-0.4, -0.2) is 17.4 Å². The van der Waals surface area contributed by atoms with Gasteiger partial charge in [-0.3, -0.25) is 9.78 Å². The number of benzene rings is 2. The molecule has 0 aliphatic carbocycles. The number of pyridine rings is 1. The lowest BCUT2D eigenvalue weighted by Crippen LogP contribution is -2.31. The van der Waals surface area contributed by atoms with Crippen molar-refractivity contribution in [2.24, 2.45) is 0 Å². The van der Waals surface area contributed by atoms with Crippen LogP contribution in [0.25, 0.3) is 10.9 Å². The van der Waals surface area contributed by atoms with E-state index >= 15 is 0 Å². The highest BCUT2D eigenvalue weighted by molar-refractivity contribution is 6.13. The molecule has 1 heterocycles. The van der Waals surface area contributed by atoms with E-state index in [0.717, 1.165) is 16.6 Å². The molecule has 2 aromatic carbocycles. The lowest BCUT2D eigenvalue weighted by atomic mass is 10.1. The molecule has 0 aliphatic rings. The number of aromatic nitrogens is 1. The summed E-state index contributed by atoms with van der Waals surface area (Å²) in [6.07, 6.45) is 3.46. The third kappa shape index (κ3) is 2.61. The lowest BCUT2D eigenvalue weighted by molar-refractivity contribution is 0.0991. The van der Waals surface area contributed by atoms with Crippen molar-refractivity contribution in [3.63, 3.8) is 0 Å². The number of carbonyl (C=O) groups excluding carboxylic acids is 1. The summed E-state index contributed by atoms with van der Waals surface area (Å²) < 4.78 is 0. The molecule has 0 saturated carbocycles. The van der Waals surface area contributed by atoms with Crippen molar-refractivity contribution in [3.05, 3.63) is 85.1 Å². The second-order valence-corrected chi connectivity index (χ2v) is 4.92. The van der Waals surface area contributed by atoms with Crippen molar-refractivity contribution < 1.29 is 4.79 Å². The first kappa shape index (κ1) is 14.0. The average Bonchev–Trinajstić information content (AvgIpc) is 2.59. The monoisotopic (exact) mass is 288 g/mol. The Morgan fingerprint density at radius 2 is 1.86 bits per heavy atom. The van der Waals surface area contributed by atoms with Crippen LogP contribution in [0.3, 0.4) is 0 Å². The van der Waals surface area contributed by atoms with Crippen LogP contribution in [0.1, 0.15) is 10.4 Å². The van der Waals surface area contributed by atoms with Crippen LogP contribution >= 0.6 is 0 Å². The van der Waals surface area contributed by atoms with Gasteiger partial charge in [-0.25, -0.2) is 0 Å². The Morgan fingerprint density at radius 1 is 1.05 bits per heavy atom. The fourth-order valence-corrected chi connectivity index (χ4v) is 2.48. The molecule has 3 rings (SSSR count). The van der Waals surface area contributed by atoms with Gasteiger partial charge in [0.2, 0.25) is 0 Å². The first-order valence-electron chi connectivity index (χ1n) is 7.13. The molecule has 0 N–H and O–H groups in total. The Bertz CT molecular complexity index is 807. The van der Waals surface area contributed by atoms with Crippen molar-refractivity contribution in [2.75, 3.05) is 11.4 Å². The first-order chi connectivity index (χ1) is 10.8. The van der Waals surface area contributed by atoms with E-state index in [-0.39, 0.29) is 5.91 Å². The van der Waals surface area contributed by atoms with Gasteiger partial charge in [-0.05, 0) is 30.3 Å². The van der Waals surface area contributed by atoms with E-state index in [1.54, 1.807) is 17.2 Å². The van der Waals surface area contributed by atoms with Crippen LogP contribution in [0.5, 0.6) is 0 Å².